The Labute approximate surface area is 168 Å². The number of nitrogens with zero attached hydrogens (tertiary/aromatic N) is 2. The van der Waals surface area contributed by atoms with Gasteiger partial charge in [-0.1, -0.05) is 49.6 Å². The van der Waals surface area contributed by atoms with Crippen LogP contribution in [0.5, 0.6) is 0 Å². The molecule has 4 atom stereocenters. The summed E-state index contributed by atoms with van der Waals surface area (Å²) in [5.41, 5.74) is 1.63. The van der Waals surface area contributed by atoms with E-state index in [1.165, 1.54) is 24.8 Å². The first-order valence-electron chi connectivity index (χ1n) is 11.2. The van der Waals surface area contributed by atoms with Crippen molar-refractivity contribution in [3.63, 3.8) is 0 Å². The van der Waals surface area contributed by atoms with E-state index in [1.54, 1.807) is 6.92 Å². The van der Waals surface area contributed by atoms with Crippen molar-refractivity contribution < 1.29 is 9.59 Å². The maximum atomic E-state index is 13.5. The highest BCUT2D eigenvalue weighted by atomic mass is 16.2. The molecule has 2 saturated carbocycles. The summed E-state index contributed by atoms with van der Waals surface area (Å²) in [5.74, 6) is 1.03. The standard InChI is InChI=1S/C24H32N2O2/c1-17(27)25-14-7-3-6-11-21-22(25)19(18-9-4-2-5-10-18)16-26(21)23(28)20-15-24(20)12-8-13-24/h2,4-5,9-10,19-22H,3,6-8,11-16H2,1H3/t19-,20?,21+,22-/m0/s1. The largest absolute Gasteiger partial charge is 0.337 e. The third kappa shape index (κ3) is 2.87. The quantitative estimate of drug-likeness (QED) is 0.779. The van der Waals surface area contributed by atoms with Crippen molar-refractivity contribution in [3.8, 4) is 0 Å². The van der Waals surface area contributed by atoms with Gasteiger partial charge in [-0.15, -0.1) is 0 Å². The lowest BCUT2D eigenvalue weighted by Crippen LogP contribution is -2.51. The molecule has 2 aliphatic heterocycles. The Kier molecular flexibility index (Phi) is 4.48. The Morgan fingerprint density at radius 3 is 2.43 bits per heavy atom. The fourth-order valence-electron chi connectivity index (χ4n) is 6.32. The maximum Gasteiger partial charge on any atom is 0.226 e. The van der Waals surface area contributed by atoms with E-state index in [9.17, 15) is 9.59 Å². The molecule has 0 aromatic heterocycles. The number of hydrogen-bond acceptors (Lipinski definition) is 2. The zero-order valence-corrected chi connectivity index (χ0v) is 17.0. The summed E-state index contributed by atoms with van der Waals surface area (Å²) in [6.45, 7) is 3.30. The summed E-state index contributed by atoms with van der Waals surface area (Å²) < 4.78 is 0. The molecule has 28 heavy (non-hydrogen) atoms. The van der Waals surface area contributed by atoms with Gasteiger partial charge in [-0.3, -0.25) is 9.59 Å². The smallest absolute Gasteiger partial charge is 0.226 e. The van der Waals surface area contributed by atoms with Gasteiger partial charge in [0.25, 0.3) is 0 Å². The van der Waals surface area contributed by atoms with Crippen molar-refractivity contribution in [1.82, 2.24) is 9.80 Å². The van der Waals surface area contributed by atoms with Gasteiger partial charge in [-0.2, -0.15) is 0 Å². The number of likely N-dealkylation sites (tertiary alicyclic amines) is 2. The normalized spacial score (nSPS) is 33.6. The fourth-order valence-corrected chi connectivity index (χ4v) is 6.32. The third-order valence-corrected chi connectivity index (χ3v) is 8.11. The van der Waals surface area contributed by atoms with E-state index in [1.807, 2.05) is 6.07 Å². The molecule has 4 fully saturated rings. The van der Waals surface area contributed by atoms with Gasteiger partial charge in [0, 0.05) is 31.8 Å². The van der Waals surface area contributed by atoms with Crippen molar-refractivity contribution >= 4 is 11.8 Å². The molecule has 1 aromatic carbocycles. The van der Waals surface area contributed by atoms with Gasteiger partial charge >= 0.3 is 0 Å². The van der Waals surface area contributed by atoms with Crippen LogP contribution in [0.15, 0.2) is 30.3 Å². The van der Waals surface area contributed by atoms with E-state index in [2.05, 4.69) is 34.1 Å². The Morgan fingerprint density at radius 2 is 1.79 bits per heavy atom. The summed E-state index contributed by atoms with van der Waals surface area (Å²) in [6.07, 6.45) is 9.30. The molecular weight excluding hydrogens is 348 g/mol. The van der Waals surface area contributed by atoms with E-state index in [0.717, 1.165) is 45.2 Å². The van der Waals surface area contributed by atoms with Crippen molar-refractivity contribution in [3.05, 3.63) is 35.9 Å². The second kappa shape index (κ2) is 6.89. The first kappa shape index (κ1) is 18.2. The molecule has 2 aliphatic carbocycles. The second-order valence-electron chi connectivity index (χ2n) is 9.60. The number of hydrogen-bond donors (Lipinski definition) is 0. The molecule has 2 saturated heterocycles. The number of carbonyl (C=O) groups is 2. The van der Waals surface area contributed by atoms with Crippen LogP contribution in [0.1, 0.15) is 69.8 Å². The predicted octanol–water partition coefficient (Wildman–Crippen LogP) is 3.96. The van der Waals surface area contributed by atoms with E-state index in [-0.39, 0.29) is 29.8 Å². The van der Waals surface area contributed by atoms with Gasteiger partial charge in [-0.25, -0.2) is 0 Å². The Bertz CT molecular complexity index is 757. The minimum Gasteiger partial charge on any atom is -0.337 e. The van der Waals surface area contributed by atoms with E-state index in [4.69, 9.17) is 0 Å². The van der Waals surface area contributed by atoms with Crippen molar-refractivity contribution in [2.24, 2.45) is 11.3 Å². The SMILES string of the molecule is CC(=O)N1CCCCC[C@@H]2[C@@H]1[C@H](c1ccccc1)CN2C(=O)C1CC12CCC2. The average Bonchev–Trinajstić information content (AvgIpc) is 3.33. The molecule has 150 valence electrons. The van der Waals surface area contributed by atoms with Crippen LogP contribution in [-0.2, 0) is 9.59 Å². The zero-order valence-electron chi connectivity index (χ0n) is 17.0. The number of fused-ring (bicyclic) bond motifs is 1. The second-order valence-corrected chi connectivity index (χ2v) is 9.60. The third-order valence-electron chi connectivity index (χ3n) is 8.11. The molecule has 4 heteroatoms. The maximum absolute atomic E-state index is 13.5. The van der Waals surface area contributed by atoms with Crippen molar-refractivity contribution in [2.45, 2.75) is 76.3 Å². The summed E-state index contributed by atoms with van der Waals surface area (Å²) in [7, 11) is 0. The highest BCUT2D eigenvalue weighted by Gasteiger charge is 2.63. The Morgan fingerprint density at radius 1 is 1.00 bits per heavy atom. The molecule has 2 amide bonds. The summed E-state index contributed by atoms with van der Waals surface area (Å²) in [5, 5.41) is 0. The van der Waals surface area contributed by atoms with Crippen LogP contribution in [0.25, 0.3) is 0 Å². The van der Waals surface area contributed by atoms with Crippen molar-refractivity contribution in [1.29, 1.82) is 0 Å². The number of amides is 2. The molecule has 4 aliphatic rings. The number of benzene rings is 1. The molecule has 2 heterocycles. The first-order valence-corrected chi connectivity index (χ1v) is 11.2. The molecule has 1 unspecified atom stereocenters. The molecular formula is C24H32N2O2. The molecule has 1 aromatic rings. The van der Waals surface area contributed by atoms with Crippen LogP contribution in [0.3, 0.4) is 0 Å². The lowest BCUT2D eigenvalue weighted by Gasteiger charge is -2.39. The van der Waals surface area contributed by atoms with Crippen LogP contribution in [-0.4, -0.2) is 46.8 Å². The van der Waals surface area contributed by atoms with Gasteiger partial charge in [0.1, 0.15) is 0 Å². The summed E-state index contributed by atoms with van der Waals surface area (Å²) in [4.78, 5) is 30.4. The van der Waals surface area contributed by atoms with E-state index >= 15 is 0 Å². The molecule has 5 rings (SSSR count). The lowest BCUT2D eigenvalue weighted by molar-refractivity contribution is -0.138. The van der Waals surface area contributed by atoms with Crippen LogP contribution in [0.4, 0.5) is 0 Å². The molecule has 0 radical (unpaired) electrons. The average molecular weight is 381 g/mol. The Hall–Kier alpha value is -1.84. The van der Waals surface area contributed by atoms with Crippen LogP contribution >= 0.6 is 0 Å². The lowest BCUT2D eigenvalue weighted by atomic mass is 9.79. The zero-order chi connectivity index (χ0) is 19.3. The van der Waals surface area contributed by atoms with Crippen molar-refractivity contribution in [2.75, 3.05) is 13.1 Å². The van der Waals surface area contributed by atoms with Crippen LogP contribution in [0.2, 0.25) is 0 Å². The van der Waals surface area contributed by atoms with E-state index in [0.29, 0.717) is 11.3 Å². The minimum atomic E-state index is 0.125. The van der Waals surface area contributed by atoms with Gasteiger partial charge in [0.15, 0.2) is 0 Å². The van der Waals surface area contributed by atoms with Crippen LogP contribution in [0, 0.1) is 11.3 Å². The molecule has 1 spiro atoms. The van der Waals surface area contributed by atoms with Gasteiger partial charge in [-0.05, 0) is 43.1 Å². The number of rotatable bonds is 2. The summed E-state index contributed by atoms with van der Waals surface area (Å²) in [6, 6.07) is 10.9. The minimum absolute atomic E-state index is 0.125. The van der Waals surface area contributed by atoms with Gasteiger partial charge in [0.05, 0.1) is 12.1 Å². The highest BCUT2D eigenvalue weighted by Crippen LogP contribution is 2.66. The summed E-state index contributed by atoms with van der Waals surface area (Å²) >= 11 is 0. The van der Waals surface area contributed by atoms with Gasteiger partial charge in [0.2, 0.25) is 11.8 Å². The Balaban J connectivity index is 1.48. The highest BCUT2D eigenvalue weighted by molar-refractivity contribution is 5.84. The fraction of sp³-hybridized carbons (Fsp3) is 0.667. The molecule has 0 bridgehead atoms. The topological polar surface area (TPSA) is 40.6 Å². The van der Waals surface area contributed by atoms with Crippen LogP contribution < -0.4 is 0 Å². The number of carbonyl (C=O) groups excluding carboxylic acids is 2. The van der Waals surface area contributed by atoms with E-state index < -0.39 is 0 Å². The molecule has 4 nitrogen and oxygen atoms in total. The first-order chi connectivity index (χ1) is 13.6. The van der Waals surface area contributed by atoms with Gasteiger partial charge < -0.3 is 9.80 Å². The predicted molar refractivity (Wildman–Crippen MR) is 109 cm³/mol. The monoisotopic (exact) mass is 380 g/mol. The molecule has 0 N–H and O–H groups in total.